The van der Waals surface area contributed by atoms with E-state index in [-0.39, 0.29) is 11.4 Å². The molecule has 5 heteroatoms. The summed E-state index contributed by atoms with van der Waals surface area (Å²) in [6.07, 6.45) is 3.07. The van der Waals surface area contributed by atoms with E-state index >= 15 is 0 Å². The molecule has 0 aliphatic carbocycles. The summed E-state index contributed by atoms with van der Waals surface area (Å²) < 4.78 is 0. The van der Waals surface area contributed by atoms with Crippen LogP contribution in [0, 0.1) is 10.1 Å². The minimum atomic E-state index is -0.422. The van der Waals surface area contributed by atoms with E-state index in [1.54, 1.807) is 12.1 Å². The highest BCUT2D eigenvalue weighted by Gasteiger charge is 2.12. The van der Waals surface area contributed by atoms with Crippen LogP contribution in [0.4, 0.5) is 11.4 Å². The minimum absolute atomic E-state index is 0.00929. The third-order valence-corrected chi connectivity index (χ3v) is 3.09. The van der Waals surface area contributed by atoms with E-state index in [1.165, 1.54) is 0 Å². The fourth-order valence-electron chi connectivity index (χ4n) is 2.16. The van der Waals surface area contributed by atoms with Crippen molar-refractivity contribution in [2.24, 2.45) is 0 Å². The molecule has 1 aromatic rings. The van der Waals surface area contributed by atoms with Crippen molar-refractivity contribution < 1.29 is 4.92 Å². The SMILES string of the molecule is CCCN(CCC)CCc1ccc(N)c([N+](=O)[O-])c1. The number of anilines is 1. The molecular weight excluding hydrogens is 242 g/mol. The molecule has 1 aromatic carbocycles. The molecule has 19 heavy (non-hydrogen) atoms. The number of nitro groups is 1. The van der Waals surface area contributed by atoms with Crippen molar-refractivity contribution in [2.45, 2.75) is 33.1 Å². The Kier molecular flexibility index (Phi) is 6.29. The highest BCUT2D eigenvalue weighted by atomic mass is 16.6. The minimum Gasteiger partial charge on any atom is -0.393 e. The zero-order chi connectivity index (χ0) is 14.3. The van der Waals surface area contributed by atoms with Crippen molar-refractivity contribution in [1.82, 2.24) is 4.90 Å². The van der Waals surface area contributed by atoms with Crippen molar-refractivity contribution in [3.8, 4) is 0 Å². The maximum Gasteiger partial charge on any atom is 0.292 e. The molecule has 106 valence electrons. The number of hydrogen-bond donors (Lipinski definition) is 1. The van der Waals surface area contributed by atoms with Crippen molar-refractivity contribution >= 4 is 11.4 Å². The van der Waals surface area contributed by atoms with Crippen LogP contribution in [-0.2, 0) is 6.42 Å². The molecule has 0 amide bonds. The molecule has 0 unspecified atom stereocenters. The fourth-order valence-corrected chi connectivity index (χ4v) is 2.16. The summed E-state index contributed by atoms with van der Waals surface area (Å²) in [5.41, 5.74) is 6.80. The van der Waals surface area contributed by atoms with Gasteiger partial charge in [-0.3, -0.25) is 10.1 Å². The normalized spacial score (nSPS) is 10.9. The first-order chi connectivity index (χ1) is 9.08. The molecule has 5 nitrogen and oxygen atoms in total. The van der Waals surface area contributed by atoms with E-state index in [2.05, 4.69) is 18.7 Å². The van der Waals surface area contributed by atoms with E-state index in [9.17, 15) is 10.1 Å². The lowest BCUT2D eigenvalue weighted by Crippen LogP contribution is -2.27. The monoisotopic (exact) mass is 265 g/mol. The molecule has 0 saturated heterocycles. The Hall–Kier alpha value is -1.62. The van der Waals surface area contributed by atoms with Gasteiger partial charge in [-0.05, 0) is 44.0 Å². The van der Waals surface area contributed by atoms with E-state index in [0.717, 1.165) is 44.5 Å². The summed E-state index contributed by atoms with van der Waals surface area (Å²) in [7, 11) is 0. The summed E-state index contributed by atoms with van der Waals surface area (Å²) in [6, 6.07) is 5.08. The van der Waals surface area contributed by atoms with Crippen LogP contribution < -0.4 is 5.73 Å². The number of rotatable bonds is 8. The Bertz CT molecular complexity index is 415. The summed E-state index contributed by atoms with van der Waals surface area (Å²) in [6.45, 7) is 7.41. The lowest BCUT2D eigenvalue weighted by molar-refractivity contribution is -0.384. The molecule has 0 atom stereocenters. The molecule has 0 heterocycles. The van der Waals surface area contributed by atoms with Crippen LogP contribution in [-0.4, -0.2) is 29.5 Å². The van der Waals surface area contributed by atoms with E-state index in [0.29, 0.717) is 0 Å². The Balaban J connectivity index is 2.66. The Morgan fingerprint density at radius 1 is 1.21 bits per heavy atom. The van der Waals surface area contributed by atoms with Gasteiger partial charge in [0.1, 0.15) is 5.69 Å². The molecule has 0 aromatic heterocycles. The quantitative estimate of drug-likeness (QED) is 0.445. The number of benzene rings is 1. The summed E-state index contributed by atoms with van der Waals surface area (Å²) in [5, 5.41) is 10.8. The van der Waals surface area contributed by atoms with Crippen LogP contribution in [0.15, 0.2) is 18.2 Å². The van der Waals surface area contributed by atoms with Crippen LogP contribution in [0.2, 0.25) is 0 Å². The second-order valence-corrected chi connectivity index (χ2v) is 4.74. The van der Waals surface area contributed by atoms with Crippen molar-refractivity contribution in [2.75, 3.05) is 25.4 Å². The van der Waals surface area contributed by atoms with Gasteiger partial charge < -0.3 is 10.6 Å². The molecule has 0 saturated carbocycles. The second kappa shape index (κ2) is 7.74. The first-order valence-electron chi connectivity index (χ1n) is 6.83. The zero-order valence-corrected chi connectivity index (χ0v) is 11.8. The Morgan fingerprint density at radius 2 is 1.84 bits per heavy atom. The molecule has 0 fully saturated rings. The van der Waals surface area contributed by atoms with Crippen LogP contribution in [0.25, 0.3) is 0 Å². The summed E-state index contributed by atoms with van der Waals surface area (Å²) >= 11 is 0. The van der Waals surface area contributed by atoms with E-state index in [4.69, 9.17) is 5.73 Å². The first kappa shape index (κ1) is 15.4. The van der Waals surface area contributed by atoms with Crippen LogP contribution in [0.3, 0.4) is 0 Å². The van der Waals surface area contributed by atoms with Gasteiger partial charge in [-0.15, -0.1) is 0 Å². The predicted octanol–water partition coefficient (Wildman–Crippen LogP) is 2.84. The van der Waals surface area contributed by atoms with E-state index in [1.807, 2.05) is 6.07 Å². The smallest absolute Gasteiger partial charge is 0.292 e. The third-order valence-electron chi connectivity index (χ3n) is 3.09. The average molecular weight is 265 g/mol. The van der Waals surface area contributed by atoms with Gasteiger partial charge in [-0.1, -0.05) is 19.9 Å². The van der Waals surface area contributed by atoms with Gasteiger partial charge in [0.2, 0.25) is 0 Å². The van der Waals surface area contributed by atoms with Crippen molar-refractivity contribution in [3.05, 3.63) is 33.9 Å². The molecule has 1 rings (SSSR count). The Labute approximate surface area is 114 Å². The van der Waals surface area contributed by atoms with Gasteiger partial charge in [-0.25, -0.2) is 0 Å². The number of nitrogens with two attached hydrogens (primary N) is 1. The number of nitro benzene ring substituents is 1. The van der Waals surface area contributed by atoms with Gasteiger partial charge in [0.25, 0.3) is 5.69 Å². The summed E-state index contributed by atoms with van der Waals surface area (Å²) in [4.78, 5) is 12.8. The maximum absolute atomic E-state index is 10.8. The lowest BCUT2D eigenvalue weighted by Gasteiger charge is -2.20. The number of nitrogen functional groups attached to an aromatic ring is 1. The molecular formula is C14H23N3O2. The predicted molar refractivity (Wildman–Crippen MR) is 78.2 cm³/mol. The average Bonchev–Trinajstić information content (AvgIpc) is 2.37. The molecule has 0 bridgehead atoms. The fraction of sp³-hybridized carbons (Fsp3) is 0.571. The van der Waals surface area contributed by atoms with Crippen molar-refractivity contribution in [1.29, 1.82) is 0 Å². The van der Waals surface area contributed by atoms with Gasteiger partial charge in [0, 0.05) is 12.6 Å². The van der Waals surface area contributed by atoms with Gasteiger partial charge in [-0.2, -0.15) is 0 Å². The number of hydrogen-bond acceptors (Lipinski definition) is 4. The molecule has 0 aliphatic rings. The van der Waals surface area contributed by atoms with Crippen LogP contribution in [0.5, 0.6) is 0 Å². The standard InChI is InChI=1S/C14H23N3O2/c1-3-8-16(9-4-2)10-7-12-5-6-13(15)14(11-12)17(18)19/h5-6,11H,3-4,7-10,15H2,1-2H3. The van der Waals surface area contributed by atoms with Gasteiger partial charge >= 0.3 is 0 Å². The van der Waals surface area contributed by atoms with Crippen molar-refractivity contribution in [3.63, 3.8) is 0 Å². The van der Waals surface area contributed by atoms with E-state index < -0.39 is 4.92 Å². The largest absolute Gasteiger partial charge is 0.393 e. The highest BCUT2D eigenvalue weighted by molar-refractivity contribution is 5.59. The maximum atomic E-state index is 10.8. The summed E-state index contributed by atoms with van der Waals surface area (Å²) in [5.74, 6) is 0. The third kappa shape index (κ3) is 4.87. The highest BCUT2D eigenvalue weighted by Crippen LogP contribution is 2.22. The first-order valence-corrected chi connectivity index (χ1v) is 6.83. The second-order valence-electron chi connectivity index (χ2n) is 4.74. The van der Waals surface area contributed by atoms with Gasteiger partial charge in [0.05, 0.1) is 4.92 Å². The van der Waals surface area contributed by atoms with Crippen LogP contribution in [0.1, 0.15) is 32.3 Å². The Morgan fingerprint density at radius 3 is 2.37 bits per heavy atom. The molecule has 0 spiro atoms. The molecule has 2 N–H and O–H groups in total. The molecule has 0 aliphatic heterocycles. The lowest BCUT2D eigenvalue weighted by atomic mass is 10.1. The molecule has 0 radical (unpaired) electrons. The zero-order valence-electron chi connectivity index (χ0n) is 11.8. The van der Waals surface area contributed by atoms with Crippen LogP contribution >= 0.6 is 0 Å². The topological polar surface area (TPSA) is 72.4 Å². The number of nitrogens with zero attached hydrogens (tertiary/aromatic N) is 2. The van der Waals surface area contributed by atoms with Gasteiger partial charge in [0.15, 0.2) is 0 Å².